The van der Waals surface area contributed by atoms with Crippen molar-refractivity contribution >= 4 is 5.91 Å². The van der Waals surface area contributed by atoms with Gasteiger partial charge in [0.25, 0.3) is 0 Å². The predicted octanol–water partition coefficient (Wildman–Crippen LogP) is 1.62. The van der Waals surface area contributed by atoms with Crippen LogP contribution in [0.25, 0.3) is 0 Å². The maximum Gasteiger partial charge on any atom is 0.223 e. The summed E-state index contributed by atoms with van der Waals surface area (Å²) in [6, 6.07) is 7.41. The van der Waals surface area contributed by atoms with E-state index in [0.717, 1.165) is 24.3 Å². The lowest BCUT2D eigenvalue weighted by atomic mass is 9.99. The molecule has 1 aliphatic rings. The van der Waals surface area contributed by atoms with Gasteiger partial charge in [0.15, 0.2) is 0 Å². The molecule has 1 saturated heterocycles. The number of hydrogen-bond donors (Lipinski definition) is 1. The Balaban J connectivity index is 1.66. The van der Waals surface area contributed by atoms with E-state index in [0.29, 0.717) is 26.4 Å². The third-order valence-corrected chi connectivity index (χ3v) is 3.30. The Morgan fingerprint density at radius 2 is 2.10 bits per heavy atom. The van der Waals surface area contributed by atoms with Gasteiger partial charge in [0.05, 0.1) is 13.7 Å². The van der Waals surface area contributed by atoms with Crippen LogP contribution in [0.15, 0.2) is 24.3 Å². The molecule has 1 amide bonds. The van der Waals surface area contributed by atoms with Crippen molar-refractivity contribution in [1.82, 2.24) is 5.32 Å². The molecule has 0 saturated carbocycles. The van der Waals surface area contributed by atoms with Crippen molar-refractivity contribution in [2.24, 2.45) is 5.92 Å². The second kappa shape index (κ2) is 7.75. The molecule has 0 bridgehead atoms. The molecule has 0 spiro atoms. The van der Waals surface area contributed by atoms with Crippen LogP contribution in [0.4, 0.5) is 0 Å². The Hall–Kier alpha value is -1.75. The number of carbonyl (C=O) groups excluding carboxylic acids is 1. The molecule has 0 radical (unpaired) electrons. The lowest BCUT2D eigenvalue weighted by Crippen LogP contribution is -2.36. The summed E-state index contributed by atoms with van der Waals surface area (Å²) in [6.45, 7) is 2.31. The van der Waals surface area contributed by atoms with Crippen molar-refractivity contribution in [2.75, 3.05) is 33.5 Å². The van der Waals surface area contributed by atoms with Gasteiger partial charge in [0, 0.05) is 25.2 Å². The fourth-order valence-corrected chi connectivity index (χ4v) is 2.14. The molecule has 0 aliphatic carbocycles. The molecule has 5 heteroatoms. The minimum Gasteiger partial charge on any atom is -0.497 e. The van der Waals surface area contributed by atoms with Crippen LogP contribution >= 0.6 is 0 Å². The first kappa shape index (κ1) is 14.7. The van der Waals surface area contributed by atoms with Crippen LogP contribution in [0.1, 0.15) is 12.8 Å². The third kappa shape index (κ3) is 4.42. The first-order valence-electron chi connectivity index (χ1n) is 6.92. The van der Waals surface area contributed by atoms with Crippen molar-refractivity contribution in [3.8, 4) is 11.5 Å². The smallest absolute Gasteiger partial charge is 0.223 e. The van der Waals surface area contributed by atoms with E-state index in [1.807, 2.05) is 24.3 Å². The average molecular weight is 279 g/mol. The fraction of sp³-hybridized carbons (Fsp3) is 0.533. The summed E-state index contributed by atoms with van der Waals surface area (Å²) in [5.74, 6) is 1.68. The van der Waals surface area contributed by atoms with Gasteiger partial charge in [-0.25, -0.2) is 0 Å². The molecule has 1 heterocycles. The van der Waals surface area contributed by atoms with E-state index in [-0.39, 0.29) is 11.8 Å². The second-order valence-corrected chi connectivity index (χ2v) is 4.71. The molecule has 1 fully saturated rings. The molecule has 0 aromatic heterocycles. The van der Waals surface area contributed by atoms with E-state index >= 15 is 0 Å². The SMILES string of the molecule is COc1cccc(OCCNC(=O)C2CCOCC2)c1. The number of benzene rings is 1. The highest BCUT2D eigenvalue weighted by Crippen LogP contribution is 2.18. The lowest BCUT2D eigenvalue weighted by molar-refractivity contribution is -0.127. The largest absolute Gasteiger partial charge is 0.497 e. The zero-order valence-electron chi connectivity index (χ0n) is 11.8. The van der Waals surface area contributed by atoms with E-state index in [9.17, 15) is 4.79 Å². The summed E-state index contributed by atoms with van der Waals surface area (Å²) in [4.78, 5) is 11.9. The summed E-state index contributed by atoms with van der Waals surface area (Å²) in [5.41, 5.74) is 0. The highest BCUT2D eigenvalue weighted by atomic mass is 16.5. The Kier molecular flexibility index (Phi) is 5.68. The van der Waals surface area contributed by atoms with Crippen molar-refractivity contribution in [3.05, 3.63) is 24.3 Å². The number of rotatable bonds is 6. The number of hydrogen-bond acceptors (Lipinski definition) is 4. The molecule has 110 valence electrons. The molecular formula is C15H21NO4. The molecule has 2 rings (SSSR count). The Morgan fingerprint density at radius 3 is 2.85 bits per heavy atom. The van der Waals surface area contributed by atoms with Gasteiger partial charge < -0.3 is 19.5 Å². The standard InChI is InChI=1S/C15H21NO4/c1-18-13-3-2-4-14(11-13)20-10-7-16-15(17)12-5-8-19-9-6-12/h2-4,11-12H,5-10H2,1H3,(H,16,17). The number of nitrogens with one attached hydrogen (secondary N) is 1. The van der Waals surface area contributed by atoms with Gasteiger partial charge >= 0.3 is 0 Å². The van der Waals surface area contributed by atoms with E-state index < -0.39 is 0 Å². The summed E-state index contributed by atoms with van der Waals surface area (Å²) in [6.07, 6.45) is 1.62. The Bertz CT molecular complexity index is 430. The summed E-state index contributed by atoms with van der Waals surface area (Å²) >= 11 is 0. The summed E-state index contributed by atoms with van der Waals surface area (Å²) in [7, 11) is 1.62. The second-order valence-electron chi connectivity index (χ2n) is 4.71. The first-order valence-corrected chi connectivity index (χ1v) is 6.92. The fourth-order valence-electron chi connectivity index (χ4n) is 2.14. The van der Waals surface area contributed by atoms with Gasteiger partial charge in [-0.05, 0) is 25.0 Å². The van der Waals surface area contributed by atoms with Crippen LogP contribution in [0.2, 0.25) is 0 Å². The molecule has 1 N–H and O–H groups in total. The van der Waals surface area contributed by atoms with Crippen LogP contribution in [0.5, 0.6) is 11.5 Å². The third-order valence-electron chi connectivity index (χ3n) is 3.30. The van der Waals surface area contributed by atoms with Crippen molar-refractivity contribution in [1.29, 1.82) is 0 Å². The van der Waals surface area contributed by atoms with Crippen molar-refractivity contribution in [2.45, 2.75) is 12.8 Å². The zero-order chi connectivity index (χ0) is 14.2. The van der Waals surface area contributed by atoms with E-state index in [1.54, 1.807) is 7.11 Å². The molecule has 5 nitrogen and oxygen atoms in total. The van der Waals surface area contributed by atoms with Crippen molar-refractivity contribution in [3.63, 3.8) is 0 Å². The molecule has 0 unspecified atom stereocenters. The summed E-state index contributed by atoms with van der Waals surface area (Å²) < 4.78 is 15.9. The van der Waals surface area contributed by atoms with E-state index in [1.165, 1.54) is 0 Å². The molecular weight excluding hydrogens is 258 g/mol. The molecule has 0 atom stereocenters. The zero-order valence-corrected chi connectivity index (χ0v) is 11.8. The van der Waals surface area contributed by atoms with Crippen LogP contribution in [-0.4, -0.2) is 39.4 Å². The number of methoxy groups -OCH3 is 1. The van der Waals surface area contributed by atoms with Gasteiger partial charge in [-0.2, -0.15) is 0 Å². The van der Waals surface area contributed by atoms with Gasteiger partial charge in [0.2, 0.25) is 5.91 Å². The first-order chi connectivity index (χ1) is 9.79. The van der Waals surface area contributed by atoms with Gasteiger partial charge in [-0.1, -0.05) is 6.07 Å². The van der Waals surface area contributed by atoms with Crippen molar-refractivity contribution < 1.29 is 19.0 Å². The Labute approximate surface area is 119 Å². The molecule has 20 heavy (non-hydrogen) atoms. The highest BCUT2D eigenvalue weighted by Gasteiger charge is 2.20. The Morgan fingerprint density at radius 1 is 1.35 bits per heavy atom. The monoisotopic (exact) mass is 279 g/mol. The number of amides is 1. The highest BCUT2D eigenvalue weighted by molar-refractivity contribution is 5.78. The van der Waals surface area contributed by atoms with Gasteiger partial charge in [-0.15, -0.1) is 0 Å². The number of ether oxygens (including phenoxy) is 3. The van der Waals surface area contributed by atoms with Crippen LogP contribution in [0, 0.1) is 5.92 Å². The molecule has 1 aromatic carbocycles. The van der Waals surface area contributed by atoms with E-state index in [2.05, 4.69) is 5.32 Å². The number of carbonyl (C=O) groups is 1. The van der Waals surface area contributed by atoms with E-state index in [4.69, 9.17) is 14.2 Å². The maximum atomic E-state index is 11.9. The predicted molar refractivity (Wildman–Crippen MR) is 75.0 cm³/mol. The summed E-state index contributed by atoms with van der Waals surface area (Å²) in [5, 5.41) is 2.90. The van der Waals surface area contributed by atoms with Crippen LogP contribution in [0.3, 0.4) is 0 Å². The molecule has 1 aromatic rings. The quantitative estimate of drug-likeness (QED) is 0.804. The molecule has 1 aliphatic heterocycles. The van der Waals surface area contributed by atoms with Crippen LogP contribution < -0.4 is 14.8 Å². The maximum absolute atomic E-state index is 11.9. The van der Waals surface area contributed by atoms with Crippen LogP contribution in [-0.2, 0) is 9.53 Å². The topological polar surface area (TPSA) is 56.8 Å². The average Bonchev–Trinajstić information content (AvgIpc) is 2.52. The van der Waals surface area contributed by atoms with Gasteiger partial charge in [-0.3, -0.25) is 4.79 Å². The normalized spacial score (nSPS) is 15.7. The lowest BCUT2D eigenvalue weighted by Gasteiger charge is -2.21. The minimum atomic E-state index is 0.0839. The van der Waals surface area contributed by atoms with Gasteiger partial charge in [0.1, 0.15) is 18.1 Å². The minimum absolute atomic E-state index is 0.0839.